The molecule has 1 N–H and O–H groups in total. The number of rotatable bonds is 7. The number of halogens is 2. The van der Waals surface area contributed by atoms with E-state index in [4.69, 9.17) is 23.2 Å². The van der Waals surface area contributed by atoms with Crippen molar-refractivity contribution < 1.29 is 13.5 Å². The van der Waals surface area contributed by atoms with E-state index in [1.165, 1.54) is 21.3 Å². The lowest BCUT2D eigenvalue weighted by molar-refractivity contribution is -0.00595. The van der Waals surface area contributed by atoms with Gasteiger partial charge in [-0.25, -0.2) is 13.1 Å². The Hall–Kier alpha value is -1.19. The van der Waals surface area contributed by atoms with Crippen LogP contribution in [0.3, 0.4) is 0 Å². The van der Waals surface area contributed by atoms with Crippen LogP contribution in [-0.4, -0.2) is 51.7 Å². The second-order valence-corrected chi connectivity index (χ2v) is 8.94. The standard InChI is InChI=1S/C15H20Cl2N4O3S/c1-11(2)21(25(3,23)24)10-15(22,9-20-7-6-18-19-20)13-5-4-12(16)8-14(13)17/h4-8,11,22H,9-10H2,1-3H3. The lowest BCUT2D eigenvalue weighted by Crippen LogP contribution is -2.48. The molecule has 138 valence electrons. The average Bonchev–Trinajstić information content (AvgIpc) is 2.95. The van der Waals surface area contributed by atoms with Crippen LogP contribution in [0.1, 0.15) is 19.4 Å². The topological polar surface area (TPSA) is 88.3 Å². The van der Waals surface area contributed by atoms with Crippen LogP contribution in [0.4, 0.5) is 0 Å². The third-order valence-corrected chi connectivity index (χ3v) is 5.70. The highest BCUT2D eigenvalue weighted by molar-refractivity contribution is 7.88. The summed E-state index contributed by atoms with van der Waals surface area (Å²) in [5.41, 5.74) is -1.26. The Balaban J connectivity index is 2.51. The van der Waals surface area contributed by atoms with Crippen LogP contribution in [0.25, 0.3) is 0 Å². The molecule has 0 aliphatic heterocycles. The SMILES string of the molecule is CC(C)N(CC(O)(Cn1ccnn1)c1ccc(Cl)cc1Cl)S(C)(=O)=O. The van der Waals surface area contributed by atoms with Crippen molar-refractivity contribution >= 4 is 33.2 Å². The molecule has 0 fully saturated rings. The van der Waals surface area contributed by atoms with E-state index in [1.54, 1.807) is 32.2 Å². The van der Waals surface area contributed by atoms with E-state index in [9.17, 15) is 13.5 Å². The van der Waals surface area contributed by atoms with Gasteiger partial charge in [-0.15, -0.1) is 5.10 Å². The molecule has 0 aliphatic rings. The van der Waals surface area contributed by atoms with Gasteiger partial charge in [0.2, 0.25) is 10.0 Å². The molecule has 2 rings (SSSR count). The van der Waals surface area contributed by atoms with Crippen LogP contribution in [0.2, 0.25) is 10.0 Å². The molecule has 10 heteroatoms. The molecule has 0 radical (unpaired) electrons. The number of benzene rings is 1. The van der Waals surface area contributed by atoms with Crippen LogP contribution >= 0.6 is 23.2 Å². The van der Waals surface area contributed by atoms with Crippen LogP contribution in [0.5, 0.6) is 0 Å². The fraction of sp³-hybridized carbons (Fsp3) is 0.467. The van der Waals surface area contributed by atoms with E-state index in [-0.39, 0.29) is 24.2 Å². The van der Waals surface area contributed by atoms with Gasteiger partial charge in [-0.3, -0.25) is 0 Å². The number of hydrogen-bond donors (Lipinski definition) is 1. The molecule has 1 atom stereocenters. The minimum Gasteiger partial charge on any atom is -0.382 e. The number of hydrogen-bond acceptors (Lipinski definition) is 5. The Morgan fingerprint density at radius 2 is 2.04 bits per heavy atom. The first-order chi connectivity index (χ1) is 11.5. The van der Waals surface area contributed by atoms with Gasteiger partial charge in [-0.2, -0.15) is 4.31 Å². The minimum absolute atomic E-state index is 0.0207. The molecular formula is C15H20Cl2N4O3S. The molecule has 2 aromatic rings. The molecule has 0 spiro atoms. The summed E-state index contributed by atoms with van der Waals surface area (Å²) in [5.74, 6) is 0. The summed E-state index contributed by atoms with van der Waals surface area (Å²) in [5, 5.41) is 19.6. The molecule has 7 nitrogen and oxygen atoms in total. The third-order valence-electron chi connectivity index (χ3n) is 3.75. The van der Waals surface area contributed by atoms with E-state index < -0.39 is 15.6 Å². The maximum absolute atomic E-state index is 12.1. The molecule has 1 heterocycles. The summed E-state index contributed by atoms with van der Waals surface area (Å²) in [6.07, 6.45) is 4.15. The molecule has 0 bridgehead atoms. The second kappa shape index (κ2) is 7.59. The van der Waals surface area contributed by atoms with Gasteiger partial charge in [0.05, 0.1) is 19.0 Å². The van der Waals surface area contributed by atoms with Crippen molar-refractivity contribution in [3.8, 4) is 0 Å². The van der Waals surface area contributed by atoms with Crippen molar-refractivity contribution in [2.75, 3.05) is 12.8 Å². The Bertz CT molecular complexity index is 827. The number of aromatic nitrogens is 3. The molecule has 0 aliphatic carbocycles. The van der Waals surface area contributed by atoms with Crippen LogP contribution in [0, 0.1) is 0 Å². The summed E-state index contributed by atoms with van der Waals surface area (Å²) in [6, 6.07) is 4.34. The zero-order valence-electron chi connectivity index (χ0n) is 14.1. The summed E-state index contributed by atoms with van der Waals surface area (Å²) in [4.78, 5) is 0. The normalized spacial score (nSPS) is 14.9. The number of aliphatic hydroxyl groups is 1. The molecule has 1 unspecified atom stereocenters. The fourth-order valence-electron chi connectivity index (χ4n) is 2.61. The van der Waals surface area contributed by atoms with Crippen molar-refractivity contribution in [1.82, 2.24) is 19.3 Å². The van der Waals surface area contributed by atoms with E-state index >= 15 is 0 Å². The Morgan fingerprint density at radius 3 is 2.52 bits per heavy atom. The molecule has 0 saturated carbocycles. The highest BCUT2D eigenvalue weighted by atomic mass is 35.5. The largest absolute Gasteiger partial charge is 0.382 e. The number of nitrogens with zero attached hydrogens (tertiary/aromatic N) is 4. The Morgan fingerprint density at radius 1 is 1.36 bits per heavy atom. The van der Waals surface area contributed by atoms with Gasteiger partial charge in [-0.1, -0.05) is 34.5 Å². The van der Waals surface area contributed by atoms with Gasteiger partial charge >= 0.3 is 0 Å². The molecule has 25 heavy (non-hydrogen) atoms. The van der Waals surface area contributed by atoms with E-state index in [0.29, 0.717) is 10.6 Å². The molecule has 0 saturated heterocycles. The summed E-state index contributed by atoms with van der Waals surface area (Å²) < 4.78 is 26.9. The van der Waals surface area contributed by atoms with Gasteiger partial charge < -0.3 is 5.11 Å². The summed E-state index contributed by atoms with van der Waals surface area (Å²) in [6.45, 7) is 3.26. The van der Waals surface area contributed by atoms with Crippen molar-refractivity contribution in [2.24, 2.45) is 0 Å². The maximum Gasteiger partial charge on any atom is 0.211 e. The predicted octanol–water partition coefficient (Wildman–Crippen LogP) is 2.14. The van der Waals surface area contributed by atoms with E-state index in [1.807, 2.05) is 0 Å². The van der Waals surface area contributed by atoms with Crippen molar-refractivity contribution in [3.63, 3.8) is 0 Å². The smallest absolute Gasteiger partial charge is 0.211 e. The summed E-state index contributed by atoms with van der Waals surface area (Å²) in [7, 11) is -3.55. The van der Waals surface area contributed by atoms with Gasteiger partial charge in [-0.05, 0) is 26.0 Å². The first-order valence-corrected chi connectivity index (χ1v) is 10.1. The van der Waals surface area contributed by atoms with Gasteiger partial charge in [0, 0.05) is 34.4 Å². The monoisotopic (exact) mass is 406 g/mol. The number of sulfonamides is 1. The van der Waals surface area contributed by atoms with Gasteiger partial charge in [0.25, 0.3) is 0 Å². The van der Waals surface area contributed by atoms with Crippen LogP contribution < -0.4 is 0 Å². The molecule has 1 aromatic heterocycles. The Kier molecular flexibility index (Phi) is 6.11. The second-order valence-electron chi connectivity index (χ2n) is 6.16. The van der Waals surface area contributed by atoms with Gasteiger partial charge in [0.1, 0.15) is 5.60 Å². The fourth-order valence-corrected chi connectivity index (χ4v) is 4.41. The van der Waals surface area contributed by atoms with E-state index in [0.717, 1.165) is 6.26 Å². The van der Waals surface area contributed by atoms with Crippen molar-refractivity contribution in [2.45, 2.75) is 32.0 Å². The van der Waals surface area contributed by atoms with Crippen LogP contribution in [-0.2, 0) is 22.2 Å². The maximum atomic E-state index is 12.1. The van der Waals surface area contributed by atoms with Gasteiger partial charge in [0.15, 0.2) is 0 Å². The molecule has 0 amide bonds. The third kappa shape index (κ3) is 4.92. The lowest BCUT2D eigenvalue weighted by Gasteiger charge is -2.35. The predicted molar refractivity (Wildman–Crippen MR) is 97.1 cm³/mol. The molecular weight excluding hydrogens is 387 g/mol. The highest BCUT2D eigenvalue weighted by Gasteiger charge is 2.38. The van der Waals surface area contributed by atoms with Crippen molar-refractivity contribution in [1.29, 1.82) is 0 Å². The average molecular weight is 407 g/mol. The first kappa shape index (κ1) is 20.1. The highest BCUT2D eigenvalue weighted by Crippen LogP contribution is 2.33. The van der Waals surface area contributed by atoms with Crippen molar-refractivity contribution in [3.05, 3.63) is 46.2 Å². The zero-order valence-corrected chi connectivity index (χ0v) is 16.4. The lowest BCUT2D eigenvalue weighted by atomic mass is 9.93. The first-order valence-electron chi connectivity index (χ1n) is 7.52. The quantitative estimate of drug-likeness (QED) is 0.760. The van der Waals surface area contributed by atoms with E-state index in [2.05, 4.69) is 10.3 Å². The zero-order chi connectivity index (χ0) is 18.8. The van der Waals surface area contributed by atoms with Crippen LogP contribution in [0.15, 0.2) is 30.6 Å². The minimum atomic E-state index is -3.55. The molecule has 1 aromatic carbocycles. The summed E-state index contributed by atoms with van der Waals surface area (Å²) >= 11 is 12.2. The Labute approximate surface area is 157 Å².